The van der Waals surface area contributed by atoms with E-state index in [1.807, 2.05) is 12.1 Å². The fourth-order valence-electron chi connectivity index (χ4n) is 4.43. The predicted molar refractivity (Wildman–Crippen MR) is 115 cm³/mol. The molecule has 2 saturated heterocycles. The number of hydrogen-bond acceptors (Lipinski definition) is 5. The molecule has 2 aliphatic heterocycles. The third-order valence-corrected chi connectivity index (χ3v) is 6.72. The van der Waals surface area contributed by atoms with Gasteiger partial charge in [-0.15, -0.1) is 11.3 Å². The van der Waals surface area contributed by atoms with Gasteiger partial charge in [-0.3, -0.25) is 9.69 Å². The number of hydrogen-bond donors (Lipinski definition) is 0. The molecular weight excluding hydrogens is 384 g/mol. The monoisotopic (exact) mass is 414 g/mol. The highest BCUT2D eigenvalue weighted by molar-refractivity contribution is 7.09. The number of amides is 1. The topological polar surface area (TPSA) is 42.0 Å². The number of rotatable bonds is 8. The summed E-state index contributed by atoms with van der Waals surface area (Å²) in [6, 6.07) is 12.5. The molecule has 6 heteroatoms. The van der Waals surface area contributed by atoms with Crippen LogP contribution in [0.4, 0.5) is 0 Å². The summed E-state index contributed by atoms with van der Waals surface area (Å²) in [5.41, 5.74) is 1.17. The van der Waals surface area contributed by atoms with Crippen molar-refractivity contribution in [1.82, 2.24) is 9.80 Å². The molecule has 0 radical (unpaired) electrons. The Morgan fingerprint density at radius 2 is 2.21 bits per heavy atom. The summed E-state index contributed by atoms with van der Waals surface area (Å²) in [6.07, 6.45) is 4.51. The Morgan fingerprint density at radius 1 is 1.28 bits per heavy atom. The number of methoxy groups -OCH3 is 1. The van der Waals surface area contributed by atoms with Crippen molar-refractivity contribution in [3.63, 3.8) is 0 Å². The summed E-state index contributed by atoms with van der Waals surface area (Å²) in [7, 11) is 1.68. The number of carbonyl (C=O) groups is 1. The predicted octanol–water partition coefficient (Wildman–Crippen LogP) is 4.10. The highest BCUT2D eigenvalue weighted by atomic mass is 32.1. The maximum atomic E-state index is 13.3. The second-order valence-electron chi connectivity index (χ2n) is 7.91. The molecule has 2 aromatic rings. The smallest absolute Gasteiger partial charge is 0.237 e. The zero-order chi connectivity index (χ0) is 20.1. The Kier molecular flexibility index (Phi) is 6.85. The summed E-state index contributed by atoms with van der Waals surface area (Å²) >= 11 is 1.75. The second-order valence-corrected chi connectivity index (χ2v) is 8.94. The largest absolute Gasteiger partial charge is 0.497 e. The molecule has 29 heavy (non-hydrogen) atoms. The molecule has 0 aliphatic carbocycles. The Balaban J connectivity index is 1.44. The van der Waals surface area contributed by atoms with Gasteiger partial charge in [0, 0.05) is 31.1 Å². The van der Waals surface area contributed by atoms with Crippen molar-refractivity contribution >= 4 is 17.2 Å². The van der Waals surface area contributed by atoms with E-state index in [4.69, 9.17) is 9.47 Å². The van der Waals surface area contributed by atoms with Crippen LogP contribution in [0.1, 0.15) is 42.2 Å². The van der Waals surface area contributed by atoms with Crippen molar-refractivity contribution in [3.05, 3.63) is 52.2 Å². The lowest BCUT2D eigenvalue weighted by molar-refractivity contribution is -0.133. The van der Waals surface area contributed by atoms with Gasteiger partial charge in [-0.2, -0.15) is 0 Å². The maximum absolute atomic E-state index is 13.3. The Bertz CT molecular complexity index is 789. The van der Waals surface area contributed by atoms with Crippen molar-refractivity contribution in [3.8, 4) is 5.75 Å². The zero-order valence-corrected chi connectivity index (χ0v) is 17.9. The van der Waals surface area contributed by atoms with Gasteiger partial charge >= 0.3 is 0 Å². The molecule has 2 fully saturated rings. The minimum absolute atomic E-state index is 0.143. The van der Waals surface area contributed by atoms with Crippen LogP contribution in [0, 0.1) is 0 Å². The van der Waals surface area contributed by atoms with Crippen LogP contribution in [0.15, 0.2) is 41.8 Å². The molecule has 5 nitrogen and oxygen atoms in total. The Labute approximate surface area is 177 Å². The van der Waals surface area contributed by atoms with Crippen LogP contribution in [0.25, 0.3) is 0 Å². The number of likely N-dealkylation sites (tertiary alicyclic amines) is 1. The van der Waals surface area contributed by atoms with E-state index in [0.717, 1.165) is 57.7 Å². The Hall–Kier alpha value is -1.89. The molecule has 0 saturated carbocycles. The van der Waals surface area contributed by atoms with Crippen molar-refractivity contribution in [1.29, 1.82) is 0 Å². The van der Waals surface area contributed by atoms with Gasteiger partial charge < -0.3 is 14.4 Å². The van der Waals surface area contributed by atoms with Crippen LogP contribution in [-0.2, 0) is 16.1 Å². The van der Waals surface area contributed by atoms with Crippen LogP contribution in [0.2, 0.25) is 0 Å². The minimum Gasteiger partial charge on any atom is -0.497 e. The fraction of sp³-hybridized carbons (Fsp3) is 0.522. The van der Waals surface area contributed by atoms with Gasteiger partial charge in [-0.25, -0.2) is 0 Å². The number of benzene rings is 1. The third-order valence-electron chi connectivity index (χ3n) is 5.86. The molecule has 0 spiro atoms. The van der Waals surface area contributed by atoms with Crippen molar-refractivity contribution in [2.75, 3.05) is 33.4 Å². The van der Waals surface area contributed by atoms with Crippen molar-refractivity contribution in [2.45, 2.75) is 44.4 Å². The molecular formula is C23H30N2O3S. The second kappa shape index (κ2) is 9.74. The van der Waals surface area contributed by atoms with Gasteiger partial charge in [0.15, 0.2) is 0 Å². The molecule has 1 aromatic carbocycles. The first-order valence-electron chi connectivity index (χ1n) is 10.5. The van der Waals surface area contributed by atoms with Gasteiger partial charge in [-0.1, -0.05) is 18.2 Å². The van der Waals surface area contributed by atoms with Crippen molar-refractivity contribution < 1.29 is 14.3 Å². The minimum atomic E-state index is 0.143. The number of thiophene rings is 1. The molecule has 0 bridgehead atoms. The highest BCUT2D eigenvalue weighted by Crippen LogP contribution is 2.33. The van der Waals surface area contributed by atoms with Gasteiger partial charge in [-0.05, 0) is 54.8 Å². The Morgan fingerprint density at radius 3 is 2.97 bits per heavy atom. The normalized spacial score (nSPS) is 21.8. The molecule has 0 N–H and O–H groups in total. The average molecular weight is 415 g/mol. The molecule has 2 unspecified atom stereocenters. The fourth-order valence-corrected chi connectivity index (χ4v) is 5.17. The summed E-state index contributed by atoms with van der Waals surface area (Å²) in [5, 5.41) is 2.10. The van der Waals surface area contributed by atoms with E-state index in [2.05, 4.69) is 39.4 Å². The maximum Gasteiger partial charge on any atom is 0.237 e. The van der Waals surface area contributed by atoms with Gasteiger partial charge in [0.2, 0.25) is 5.91 Å². The first-order valence-corrected chi connectivity index (χ1v) is 11.4. The van der Waals surface area contributed by atoms with E-state index in [1.165, 1.54) is 10.4 Å². The molecule has 2 atom stereocenters. The lowest BCUT2D eigenvalue weighted by Gasteiger charge is -2.30. The number of nitrogens with zero attached hydrogens (tertiary/aromatic N) is 2. The van der Waals surface area contributed by atoms with E-state index in [1.54, 1.807) is 18.4 Å². The molecule has 3 heterocycles. The molecule has 4 rings (SSSR count). The quantitative estimate of drug-likeness (QED) is 0.652. The number of carbonyl (C=O) groups excluding carboxylic acids is 1. The van der Waals surface area contributed by atoms with Gasteiger partial charge in [0.1, 0.15) is 5.75 Å². The third kappa shape index (κ3) is 5.18. The average Bonchev–Trinajstić information content (AvgIpc) is 3.50. The summed E-state index contributed by atoms with van der Waals surface area (Å²) in [4.78, 5) is 18.9. The lowest BCUT2D eigenvalue weighted by atomic mass is 10.0. The van der Waals surface area contributed by atoms with E-state index in [0.29, 0.717) is 6.54 Å². The van der Waals surface area contributed by atoms with Crippen LogP contribution in [-0.4, -0.2) is 55.2 Å². The molecule has 1 aromatic heterocycles. The van der Waals surface area contributed by atoms with Crippen LogP contribution >= 0.6 is 11.3 Å². The molecule has 1 amide bonds. The molecule has 2 aliphatic rings. The van der Waals surface area contributed by atoms with Crippen molar-refractivity contribution in [2.24, 2.45) is 0 Å². The first kappa shape index (κ1) is 20.4. The lowest BCUT2D eigenvalue weighted by Crippen LogP contribution is -2.42. The summed E-state index contributed by atoms with van der Waals surface area (Å²) < 4.78 is 11.2. The van der Waals surface area contributed by atoms with E-state index < -0.39 is 0 Å². The highest BCUT2D eigenvalue weighted by Gasteiger charge is 2.31. The van der Waals surface area contributed by atoms with Gasteiger partial charge in [0.25, 0.3) is 0 Å². The zero-order valence-electron chi connectivity index (χ0n) is 17.1. The van der Waals surface area contributed by atoms with Crippen LogP contribution in [0.5, 0.6) is 5.75 Å². The summed E-state index contributed by atoms with van der Waals surface area (Å²) in [5.74, 6) is 1.06. The van der Waals surface area contributed by atoms with E-state index in [-0.39, 0.29) is 18.1 Å². The molecule has 156 valence electrons. The SMILES string of the molecule is COc1cccc(C2CCCN2C(=O)CN(Cc2cccs2)CC2CCCO2)c1. The summed E-state index contributed by atoms with van der Waals surface area (Å²) in [6.45, 7) is 3.74. The standard InChI is InChI=1S/C23H30N2O3S/c1-27-19-7-2-6-18(14-19)22-10-3-11-25(22)23(26)17-24(15-20-8-4-12-28-20)16-21-9-5-13-29-21/h2,5-7,9,13-14,20,22H,3-4,8,10-12,15-17H2,1H3. The van der Waals surface area contributed by atoms with Gasteiger partial charge in [0.05, 0.1) is 25.8 Å². The number of ether oxygens (including phenoxy) is 2. The van der Waals surface area contributed by atoms with Crippen LogP contribution < -0.4 is 4.74 Å². The van der Waals surface area contributed by atoms with Crippen LogP contribution in [0.3, 0.4) is 0 Å². The first-order chi connectivity index (χ1) is 14.2. The van der Waals surface area contributed by atoms with E-state index in [9.17, 15) is 4.79 Å². The van der Waals surface area contributed by atoms with E-state index >= 15 is 0 Å².